The highest BCUT2D eigenvalue weighted by atomic mass is 79.9. The zero-order chi connectivity index (χ0) is 13.5. The quantitative estimate of drug-likeness (QED) is 0.779. The molecule has 19 heavy (non-hydrogen) atoms. The molecular weight excluding hydrogens is 352 g/mol. The van der Waals surface area contributed by atoms with Crippen molar-refractivity contribution >= 4 is 48.6 Å². The maximum Gasteiger partial charge on any atom is 0.271 e. The summed E-state index contributed by atoms with van der Waals surface area (Å²) in [5.41, 5.74) is 0.823. The fourth-order valence-corrected chi connectivity index (χ4v) is 4.08. The molecule has 0 radical (unpaired) electrons. The molecule has 3 rings (SSSR count). The van der Waals surface area contributed by atoms with Crippen LogP contribution in [-0.4, -0.2) is 23.0 Å². The first-order chi connectivity index (χ1) is 9.06. The van der Waals surface area contributed by atoms with Crippen molar-refractivity contribution in [2.75, 3.05) is 4.72 Å². The molecule has 0 aliphatic heterocycles. The van der Waals surface area contributed by atoms with Gasteiger partial charge in [0.25, 0.3) is 10.0 Å². The summed E-state index contributed by atoms with van der Waals surface area (Å²) in [5.74, 6) is 0. The van der Waals surface area contributed by atoms with Gasteiger partial charge in [-0.2, -0.15) is 0 Å². The predicted molar refractivity (Wildman–Crippen MR) is 75.8 cm³/mol. The van der Waals surface area contributed by atoms with Crippen molar-refractivity contribution in [3.63, 3.8) is 0 Å². The third-order valence-electron chi connectivity index (χ3n) is 2.36. The summed E-state index contributed by atoms with van der Waals surface area (Å²) < 4.78 is 29.5. The van der Waals surface area contributed by atoms with Gasteiger partial charge in [-0.3, -0.25) is 9.12 Å². The average Bonchev–Trinajstić information content (AvgIpc) is 2.98. The second-order valence-corrected chi connectivity index (χ2v) is 7.44. The van der Waals surface area contributed by atoms with E-state index in [4.69, 9.17) is 0 Å². The Hall–Kier alpha value is -1.45. The van der Waals surface area contributed by atoms with Crippen LogP contribution in [0.25, 0.3) is 5.65 Å². The lowest BCUT2D eigenvalue weighted by Crippen LogP contribution is -2.12. The third kappa shape index (κ3) is 2.36. The summed E-state index contributed by atoms with van der Waals surface area (Å²) in [6.45, 7) is 0. The van der Waals surface area contributed by atoms with Crippen LogP contribution < -0.4 is 4.72 Å². The molecule has 98 valence electrons. The zero-order valence-corrected chi connectivity index (χ0v) is 12.5. The van der Waals surface area contributed by atoms with Crippen LogP contribution in [0.4, 0.5) is 5.69 Å². The molecule has 3 aromatic rings. The number of aromatic nitrogens is 3. The predicted octanol–water partition coefficient (Wildman–Crippen LogP) is 2.35. The molecule has 6 nitrogen and oxygen atoms in total. The van der Waals surface area contributed by atoms with Crippen molar-refractivity contribution < 1.29 is 8.42 Å². The molecule has 0 bridgehead atoms. The molecular formula is C10H7BrN4O2S2. The summed E-state index contributed by atoms with van der Waals surface area (Å²) in [5, 5.41) is 9.36. The summed E-state index contributed by atoms with van der Waals surface area (Å²) in [4.78, 5) is 0. The molecule has 0 fully saturated rings. The van der Waals surface area contributed by atoms with Gasteiger partial charge < -0.3 is 0 Å². The second-order valence-electron chi connectivity index (χ2n) is 3.67. The monoisotopic (exact) mass is 358 g/mol. The number of hydrogen-bond acceptors (Lipinski definition) is 5. The number of halogens is 1. The molecule has 0 amide bonds. The minimum atomic E-state index is -3.59. The molecule has 0 atom stereocenters. The van der Waals surface area contributed by atoms with Crippen LogP contribution in [0.3, 0.4) is 0 Å². The first-order valence-corrected chi connectivity index (χ1v) is 8.27. The van der Waals surface area contributed by atoms with Gasteiger partial charge in [0.15, 0.2) is 5.65 Å². The van der Waals surface area contributed by atoms with Gasteiger partial charge in [-0.1, -0.05) is 6.07 Å². The molecule has 0 aliphatic rings. The van der Waals surface area contributed by atoms with Gasteiger partial charge in [-0.25, -0.2) is 8.42 Å². The Morgan fingerprint density at radius 1 is 1.42 bits per heavy atom. The smallest absolute Gasteiger partial charge is 0.271 e. The van der Waals surface area contributed by atoms with E-state index in [1.54, 1.807) is 34.2 Å². The van der Waals surface area contributed by atoms with E-state index in [9.17, 15) is 8.42 Å². The lowest BCUT2D eigenvalue weighted by molar-refractivity contribution is 0.603. The molecule has 0 saturated heterocycles. The van der Waals surface area contributed by atoms with Crippen LogP contribution in [0.5, 0.6) is 0 Å². The highest BCUT2D eigenvalue weighted by Gasteiger charge is 2.17. The van der Waals surface area contributed by atoms with E-state index in [0.717, 1.165) is 15.8 Å². The van der Waals surface area contributed by atoms with Crippen LogP contribution in [0.1, 0.15) is 0 Å². The number of rotatable bonds is 3. The van der Waals surface area contributed by atoms with Crippen molar-refractivity contribution in [1.82, 2.24) is 14.6 Å². The van der Waals surface area contributed by atoms with Crippen LogP contribution >= 0.6 is 27.3 Å². The number of anilines is 1. The Balaban J connectivity index is 2.09. The van der Waals surface area contributed by atoms with Crippen LogP contribution in [0, 0.1) is 0 Å². The first kappa shape index (κ1) is 12.6. The van der Waals surface area contributed by atoms with E-state index in [0.29, 0.717) is 11.3 Å². The minimum Gasteiger partial charge on any atom is -0.286 e. The number of hydrogen-bond donors (Lipinski definition) is 1. The highest BCUT2D eigenvalue weighted by molar-refractivity contribution is 9.10. The maximum atomic E-state index is 12.2. The Labute approximate surface area is 121 Å². The summed E-state index contributed by atoms with van der Waals surface area (Å²) in [6.07, 6.45) is 3.25. The molecule has 0 saturated carbocycles. The van der Waals surface area contributed by atoms with Gasteiger partial charge in [-0.05, 0) is 33.4 Å². The molecule has 0 aliphatic carbocycles. The van der Waals surface area contributed by atoms with Gasteiger partial charge in [0.1, 0.15) is 10.5 Å². The minimum absolute atomic E-state index is 0.255. The van der Waals surface area contributed by atoms with E-state index in [1.165, 1.54) is 6.33 Å². The van der Waals surface area contributed by atoms with Crippen molar-refractivity contribution in [3.05, 3.63) is 40.6 Å². The number of pyridine rings is 1. The van der Waals surface area contributed by atoms with E-state index >= 15 is 0 Å². The Kier molecular flexibility index (Phi) is 3.03. The van der Waals surface area contributed by atoms with E-state index in [2.05, 4.69) is 30.8 Å². The standard InChI is InChI=1S/C10H7BrN4O2S2/c11-7-4-8(10-13-12-6-15(10)5-7)14-19(16,17)9-2-1-3-18-9/h1-6,14H. The first-order valence-electron chi connectivity index (χ1n) is 5.11. The Morgan fingerprint density at radius 3 is 3.00 bits per heavy atom. The van der Waals surface area contributed by atoms with Gasteiger partial charge in [0.05, 0.1) is 5.69 Å². The molecule has 9 heteroatoms. The Morgan fingerprint density at radius 2 is 2.26 bits per heavy atom. The molecule has 0 unspecified atom stereocenters. The van der Waals surface area contributed by atoms with Gasteiger partial charge in [0.2, 0.25) is 0 Å². The van der Waals surface area contributed by atoms with Crippen molar-refractivity contribution in [2.24, 2.45) is 0 Å². The summed E-state index contributed by atoms with van der Waals surface area (Å²) in [6, 6.07) is 4.88. The maximum absolute atomic E-state index is 12.2. The largest absolute Gasteiger partial charge is 0.286 e. The zero-order valence-electron chi connectivity index (χ0n) is 9.32. The van der Waals surface area contributed by atoms with Crippen molar-refractivity contribution in [3.8, 4) is 0 Å². The SMILES string of the molecule is O=S(=O)(Nc1cc(Br)cn2cnnc12)c1cccs1. The lowest BCUT2D eigenvalue weighted by Gasteiger charge is -2.07. The number of thiophene rings is 1. The van der Waals surface area contributed by atoms with Gasteiger partial charge in [0, 0.05) is 10.7 Å². The molecule has 3 aromatic heterocycles. The summed E-state index contributed by atoms with van der Waals surface area (Å²) in [7, 11) is -3.59. The molecule has 3 heterocycles. The van der Waals surface area contributed by atoms with Crippen molar-refractivity contribution in [1.29, 1.82) is 0 Å². The van der Waals surface area contributed by atoms with E-state index in [-0.39, 0.29) is 4.21 Å². The summed E-state index contributed by atoms with van der Waals surface area (Å²) >= 11 is 4.47. The highest BCUT2D eigenvalue weighted by Crippen LogP contribution is 2.25. The number of nitrogens with zero attached hydrogens (tertiary/aromatic N) is 3. The Bertz CT molecular complexity index is 826. The molecule has 0 spiro atoms. The van der Waals surface area contributed by atoms with E-state index < -0.39 is 10.0 Å². The van der Waals surface area contributed by atoms with Gasteiger partial charge in [-0.15, -0.1) is 21.5 Å². The van der Waals surface area contributed by atoms with E-state index in [1.807, 2.05) is 0 Å². The number of fused-ring (bicyclic) bond motifs is 1. The van der Waals surface area contributed by atoms with Crippen LogP contribution in [0.15, 0.2) is 44.8 Å². The van der Waals surface area contributed by atoms with Crippen molar-refractivity contribution in [2.45, 2.75) is 4.21 Å². The normalized spacial score (nSPS) is 11.8. The fraction of sp³-hybridized carbons (Fsp3) is 0. The second kappa shape index (κ2) is 4.58. The molecule has 0 aromatic carbocycles. The number of sulfonamides is 1. The lowest BCUT2D eigenvalue weighted by atomic mass is 10.4. The fourth-order valence-electron chi connectivity index (χ4n) is 1.59. The third-order valence-corrected chi connectivity index (χ3v) is 5.56. The topological polar surface area (TPSA) is 76.4 Å². The average molecular weight is 359 g/mol. The number of nitrogens with one attached hydrogen (secondary N) is 1. The van der Waals surface area contributed by atoms with Crippen LogP contribution in [-0.2, 0) is 10.0 Å². The molecule has 1 N–H and O–H groups in total. The van der Waals surface area contributed by atoms with Crippen LogP contribution in [0.2, 0.25) is 0 Å². The van der Waals surface area contributed by atoms with Gasteiger partial charge >= 0.3 is 0 Å².